The van der Waals surface area contributed by atoms with E-state index in [0.717, 1.165) is 32.2 Å². The van der Waals surface area contributed by atoms with Crippen molar-refractivity contribution < 1.29 is 8.42 Å². The number of hydrogen-bond acceptors (Lipinski definition) is 4. The van der Waals surface area contributed by atoms with Crippen LogP contribution < -0.4 is 5.32 Å². The van der Waals surface area contributed by atoms with Gasteiger partial charge in [-0.1, -0.05) is 0 Å². The van der Waals surface area contributed by atoms with Crippen LogP contribution in [0.15, 0.2) is 0 Å². The molecule has 0 aromatic rings. The average Bonchev–Trinajstić information content (AvgIpc) is 2.28. The van der Waals surface area contributed by atoms with Gasteiger partial charge in [0.15, 0.2) is 0 Å². The molecule has 1 heterocycles. The maximum absolute atomic E-state index is 11.3. The Hall–Kier alpha value is -0.640. The molecule has 1 rings (SSSR count). The van der Waals surface area contributed by atoms with Gasteiger partial charge in [-0.15, -0.1) is 0 Å². The molecule has 0 aromatic heterocycles. The number of piperidine rings is 1. The summed E-state index contributed by atoms with van der Waals surface area (Å²) >= 11 is 0. The lowest BCUT2D eigenvalue weighted by molar-refractivity contribution is 0.290. The number of rotatable bonds is 6. The molecule has 0 atom stereocenters. The predicted molar refractivity (Wildman–Crippen MR) is 66.9 cm³/mol. The highest BCUT2D eigenvalue weighted by Gasteiger charge is 2.24. The second kappa shape index (κ2) is 6.94. The third-order valence-electron chi connectivity index (χ3n) is 3.07. The zero-order valence-corrected chi connectivity index (χ0v) is 11.2. The van der Waals surface area contributed by atoms with E-state index in [2.05, 4.69) is 11.4 Å². The molecule has 98 valence electrons. The molecular weight excluding hydrogens is 238 g/mol. The third-order valence-corrected chi connectivity index (χ3v) is 4.37. The summed E-state index contributed by atoms with van der Waals surface area (Å²) in [5.74, 6) is 0. The minimum Gasteiger partial charge on any atom is -0.314 e. The van der Waals surface area contributed by atoms with Crippen molar-refractivity contribution >= 4 is 10.0 Å². The molecule has 0 unspecified atom stereocenters. The number of nitrogens with zero attached hydrogens (tertiary/aromatic N) is 2. The highest BCUT2D eigenvalue weighted by atomic mass is 32.2. The van der Waals surface area contributed by atoms with Gasteiger partial charge in [-0.25, -0.2) is 12.7 Å². The fraction of sp³-hybridized carbons (Fsp3) is 0.909. The van der Waals surface area contributed by atoms with Crippen LogP contribution in [-0.4, -0.2) is 44.7 Å². The average molecular weight is 259 g/mol. The molecule has 1 aliphatic heterocycles. The third kappa shape index (κ3) is 5.48. The van der Waals surface area contributed by atoms with Crippen molar-refractivity contribution in [1.29, 1.82) is 5.26 Å². The van der Waals surface area contributed by atoms with Crippen LogP contribution >= 0.6 is 0 Å². The maximum atomic E-state index is 11.3. The van der Waals surface area contributed by atoms with Gasteiger partial charge in [-0.05, 0) is 32.2 Å². The van der Waals surface area contributed by atoms with Crippen LogP contribution in [0.25, 0.3) is 0 Å². The highest BCUT2D eigenvalue weighted by molar-refractivity contribution is 7.88. The van der Waals surface area contributed by atoms with Gasteiger partial charge >= 0.3 is 0 Å². The Kier molecular flexibility index (Phi) is 5.89. The van der Waals surface area contributed by atoms with Crippen molar-refractivity contribution in [2.45, 2.75) is 38.1 Å². The molecule has 0 amide bonds. The van der Waals surface area contributed by atoms with Gasteiger partial charge in [0.1, 0.15) is 0 Å². The summed E-state index contributed by atoms with van der Waals surface area (Å²) < 4.78 is 24.1. The molecule has 5 nitrogen and oxygen atoms in total. The highest BCUT2D eigenvalue weighted by Crippen LogP contribution is 2.13. The Morgan fingerprint density at radius 3 is 2.53 bits per heavy atom. The number of nitrogens with one attached hydrogen (secondary N) is 1. The molecular formula is C11H21N3O2S. The van der Waals surface area contributed by atoms with Gasteiger partial charge in [-0.2, -0.15) is 5.26 Å². The minimum atomic E-state index is -3.01. The van der Waals surface area contributed by atoms with Crippen molar-refractivity contribution in [3.63, 3.8) is 0 Å². The summed E-state index contributed by atoms with van der Waals surface area (Å²) in [6.07, 6.45) is 5.60. The van der Waals surface area contributed by atoms with Crippen LogP contribution in [0.4, 0.5) is 0 Å². The smallest absolute Gasteiger partial charge is 0.211 e. The summed E-state index contributed by atoms with van der Waals surface area (Å²) in [7, 11) is -3.01. The maximum Gasteiger partial charge on any atom is 0.211 e. The first-order chi connectivity index (χ1) is 8.04. The number of unbranched alkanes of at least 4 members (excludes halogenated alkanes) is 2. The lowest BCUT2D eigenvalue weighted by Gasteiger charge is -2.30. The van der Waals surface area contributed by atoms with E-state index in [1.807, 2.05) is 0 Å². The lowest BCUT2D eigenvalue weighted by atomic mass is 10.1. The first-order valence-electron chi connectivity index (χ1n) is 6.09. The van der Waals surface area contributed by atoms with E-state index in [-0.39, 0.29) is 0 Å². The minimum absolute atomic E-state index is 0.426. The second-order valence-electron chi connectivity index (χ2n) is 4.51. The van der Waals surface area contributed by atoms with Gasteiger partial charge in [0.05, 0.1) is 12.3 Å². The summed E-state index contributed by atoms with van der Waals surface area (Å²) in [5, 5.41) is 11.8. The van der Waals surface area contributed by atoms with Crippen molar-refractivity contribution in [2.24, 2.45) is 0 Å². The van der Waals surface area contributed by atoms with E-state index < -0.39 is 10.0 Å². The van der Waals surface area contributed by atoms with Gasteiger partial charge in [0.25, 0.3) is 0 Å². The molecule has 0 aliphatic carbocycles. The van der Waals surface area contributed by atoms with Gasteiger partial charge in [-0.3, -0.25) is 0 Å². The van der Waals surface area contributed by atoms with Crippen molar-refractivity contribution in [1.82, 2.24) is 9.62 Å². The fourth-order valence-electron chi connectivity index (χ4n) is 2.03. The van der Waals surface area contributed by atoms with E-state index in [1.54, 1.807) is 4.31 Å². The van der Waals surface area contributed by atoms with E-state index >= 15 is 0 Å². The summed E-state index contributed by atoms with van der Waals surface area (Å²) in [4.78, 5) is 0. The molecule has 1 aliphatic rings. The van der Waals surface area contributed by atoms with Gasteiger partial charge in [0, 0.05) is 25.6 Å². The van der Waals surface area contributed by atoms with Gasteiger partial charge < -0.3 is 5.32 Å². The van der Waals surface area contributed by atoms with Crippen LogP contribution in [0.2, 0.25) is 0 Å². The van der Waals surface area contributed by atoms with E-state index in [9.17, 15) is 8.42 Å². The zero-order chi connectivity index (χ0) is 12.7. The molecule has 0 bridgehead atoms. The Morgan fingerprint density at radius 2 is 2.00 bits per heavy atom. The molecule has 1 N–H and O–H groups in total. The van der Waals surface area contributed by atoms with Crippen LogP contribution in [0, 0.1) is 11.3 Å². The topological polar surface area (TPSA) is 73.2 Å². The SMILES string of the molecule is CS(=O)(=O)N1CCC(NCCCCC#N)CC1. The van der Waals surface area contributed by atoms with E-state index in [4.69, 9.17) is 5.26 Å². The number of sulfonamides is 1. The molecule has 0 aromatic carbocycles. The van der Waals surface area contributed by atoms with E-state index in [0.29, 0.717) is 25.6 Å². The fourth-order valence-corrected chi connectivity index (χ4v) is 2.90. The largest absolute Gasteiger partial charge is 0.314 e. The molecule has 0 saturated carbocycles. The zero-order valence-electron chi connectivity index (χ0n) is 10.4. The standard InChI is InChI=1S/C11H21N3O2S/c1-17(15,16)14-9-5-11(6-10-14)13-8-4-2-3-7-12/h11,13H,2-6,8-10H2,1H3. The molecule has 1 fully saturated rings. The van der Waals surface area contributed by atoms with Crippen molar-refractivity contribution in [3.8, 4) is 6.07 Å². The predicted octanol–water partition coefficient (Wildman–Crippen LogP) is 0.694. The van der Waals surface area contributed by atoms with Crippen LogP contribution in [0.3, 0.4) is 0 Å². The molecule has 1 saturated heterocycles. The molecule has 0 spiro atoms. The monoisotopic (exact) mass is 259 g/mol. The van der Waals surface area contributed by atoms with Gasteiger partial charge in [0.2, 0.25) is 10.0 Å². The first-order valence-corrected chi connectivity index (χ1v) is 7.94. The van der Waals surface area contributed by atoms with Crippen LogP contribution in [0.1, 0.15) is 32.1 Å². The molecule has 0 radical (unpaired) electrons. The Balaban J connectivity index is 2.14. The normalized spacial score (nSPS) is 19.1. The van der Waals surface area contributed by atoms with Crippen LogP contribution in [0.5, 0.6) is 0 Å². The second-order valence-corrected chi connectivity index (χ2v) is 6.49. The number of hydrogen-bond donors (Lipinski definition) is 1. The lowest BCUT2D eigenvalue weighted by Crippen LogP contribution is -2.44. The number of nitriles is 1. The van der Waals surface area contributed by atoms with Crippen molar-refractivity contribution in [2.75, 3.05) is 25.9 Å². The van der Waals surface area contributed by atoms with Crippen LogP contribution in [-0.2, 0) is 10.0 Å². The summed E-state index contributed by atoms with van der Waals surface area (Å²) in [6, 6.07) is 2.55. The van der Waals surface area contributed by atoms with Crippen molar-refractivity contribution in [3.05, 3.63) is 0 Å². The quantitative estimate of drug-likeness (QED) is 0.712. The Labute approximate surface area is 104 Å². The summed E-state index contributed by atoms with van der Waals surface area (Å²) in [6.45, 7) is 2.16. The first kappa shape index (κ1) is 14.4. The Morgan fingerprint density at radius 1 is 1.35 bits per heavy atom. The summed E-state index contributed by atoms with van der Waals surface area (Å²) in [5.41, 5.74) is 0. The van der Waals surface area contributed by atoms with E-state index in [1.165, 1.54) is 6.26 Å². The Bertz CT molecular complexity index is 353. The molecule has 17 heavy (non-hydrogen) atoms. The molecule has 6 heteroatoms.